The Balaban J connectivity index is 2.86. The molecule has 6 nitrogen and oxygen atoms in total. The van der Waals surface area contributed by atoms with E-state index in [0.29, 0.717) is 12.0 Å². The summed E-state index contributed by atoms with van der Waals surface area (Å²) in [5.74, 6) is -0.720. The van der Waals surface area contributed by atoms with Gasteiger partial charge in [-0.15, -0.1) is 0 Å². The van der Waals surface area contributed by atoms with Gasteiger partial charge in [0, 0.05) is 5.56 Å². The van der Waals surface area contributed by atoms with Crippen molar-refractivity contribution in [1.29, 1.82) is 0 Å². The summed E-state index contributed by atoms with van der Waals surface area (Å²) in [5.41, 5.74) is 1.30. The Morgan fingerprint density at radius 3 is 2.30 bits per heavy atom. The molecule has 0 amide bonds. The first-order valence-electron chi connectivity index (χ1n) is 7.46. The molecule has 0 aromatic heterocycles. The van der Waals surface area contributed by atoms with Crippen LogP contribution in [0.15, 0.2) is 24.3 Å². The number of benzene rings is 1. The minimum atomic E-state index is -3.54. The number of rotatable bonds is 9. The summed E-state index contributed by atoms with van der Waals surface area (Å²) in [4.78, 5) is 23.1. The molecule has 1 rings (SSSR count). The molecule has 0 aliphatic heterocycles. The van der Waals surface area contributed by atoms with Gasteiger partial charge in [-0.25, -0.2) is 13.1 Å². The van der Waals surface area contributed by atoms with Crippen molar-refractivity contribution in [2.75, 3.05) is 12.9 Å². The molecule has 0 aliphatic rings. The molecule has 1 atom stereocenters. The lowest BCUT2D eigenvalue weighted by Crippen LogP contribution is -2.43. The summed E-state index contributed by atoms with van der Waals surface area (Å²) in [6, 6.07) is 5.72. The molecule has 0 saturated carbocycles. The highest BCUT2D eigenvalue weighted by Gasteiger charge is 2.25. The molecule has 0 aliphatic carbocycles. The molecular formula is C16H23NO5S. The van der Waals surface area contributed by atoms with Crippen molar-refractivity contribution in [1.82, 2.24) is 4.72 Å². The van der Waals surface area contributed by atoms with Crippen molar-refractivity contribution in [3.63, 3.8) is 0 Å². The molecule has 0 heterocycles. The first kappa shape index (κ1) is 19.3. The maximum Gasteiger partial charge on any atom is 0.324 e. The summed E-state index contributed by atoms with van der Waals surface area (Å²) >= 11 is 0. The summed E-state index contributed by atoms with van der Waals surface area (Å²) in [5, 5.41) is 0. The number of nitrogens with one attached hydrogen (secondary N) is 1. The standard InChI is InChI=1S/C16H23NO5S/c1-4-5-10-23(20,21)17-15(16(19)22-3)11-13-6-8-14(9-7-13)12(2)18/h6-9,15,17H,4-5,10-11H2,1-3H3. The van der Waals surface area contributed by atoms with Crippen LogP contribution < -0.4 is 4.72 Å². The quantitative estimate of drug-likeness (QED) is 0.545. The van der Waals surface area contributed by atoms with Crippen LogP contribution in [0.3, 0.4) is 0 Å². The van der Waals surface area contributed by atoms with Crippen LogP contribution >= 0.6 is 0 Å². The second kappa shape index (κ2) is 8.79. The van der Waals surface area contributed by atoms with Crippen LogP contribution in [0, 0.1) is 0 Å². The van der Waals surface area contributed by atoms with E-state index in [-0.39, 0.29) is 18.0 Å². The van der Waals surface area contributed by atoms with Crippen molar-refractivity contribution in [2.45, 2.75) is 39.2 Å². The van der Waals surface area contributed by atoms with Gasteiger partial charge in [0.1, 0.15) is 6.04 Å². The van der Waals surface area contributed by atoms with Gasteiger partial charge in [0.2, 0.25) is 10.0 Å². The van der Waals surface area contributed by atoms with Crippen LogP contribution in [-0.4, -0.2) is 39.1 Å². The summed E-state index contributed by atoms with van der Waals surface area (Å²) < 4.78 is 31.1. The Bertz CT molecular complexity index is 637. The zero-order chi connectivity index (χ0) is 17.5. The summed E-state index contributed by atoms with van der Waals surface area (Å²) in [7, 11) is -2.33. The van der Waals surface area contributed by atoms with Gasteiger partial charge in [-0.05, 0) is 25.3 Å². The Kier molecular flexibility index (Phi) is 7.38. The molecule has 0 fully saturated rings. The maximum atomic E-state index is 12.0. The van der Waals surface area contributed by atoms with E-state index in [1.807, 2.05) is 6.92 Å². The lowest BCUT2D eigenvalue weighted by atomic mass is 10.0. The van der Waals surface area contributed by atoms with Crippen molar-refractivity contribution < 1.29 is 22.7 Å². The van der Waals surface area contributed by atoms with E-state index in [9.17, 15) is 18.0 Å². The maximum absolute atomic E-state index is 12.0. The van der Waals surface area contributed by atoms with Gasteiger partial charge in [-0.3, -0.25) is 9.59 Å². The number of carbonyl (C=O) groups is 2. The zero-order valence-corrected chi connectivity index (χ0v) is 14.5. The monoisotopic (exact) mass is 341 g/mol. The number of methoxy groups -OCH3 is 1. The third-order valence-electron chi connectivity index (χ3n) is 3.37. The van der Waals surface area contributed by atoms with Gasteiger partial charge < -0.3 is 4.74 Å². The highest BCUT2D eigenvalue weighted by Crippen LogP contribution is 2.10. The molecule has 1 unspecified atom stereocenters. The number of unbranched alkanes of at least 4 members (excludes halogenated alkanes) is 1. The molecule has 128 valence electrons. The number of carbonyl (C=O) groups excluding carboxylic acids is 2. The zero-order valence-electron chi connectivity index (χ0n) is 13.7. The van der Waals surface area contributed by atoms with Gasteiger partial charge in [-0.2, -0.15) is 0 Å². The molecule has 0 radical (unpaired) electrons. The fraction of sp³-hybridized carbons (Fsp3) is 0.500. The lowest BCUT2D eigenvalue weighted by molar-refractivity contribution is -0.142. The number of hydrogen-bond acceptors (Lipinski definition) is 5. The van der Waals surface area contributed by atoms with Crippen LogP contribution in [-0.2, 0) is 26.0 Å². The van der Waals surface area contributed by atoms with E-state index in [0.717, 1.165) is 12.0 Å². The van der Waals surface area contributed by atoms with Crippen LogP contribution in [0.5, 0.6) is 0 Å². The van der Waals surface area contributed by atoms with Crippen LogP contribution in [0.2, 0.25) is 0 Å². The number of esters is 1. The molecule has 7 heteroatoms. The third-order valence-corrected chi connectivity index (χ3v) is 4.84. The van der Waals surface area contributed by atoms with Crippen molar-refractivity contribution in [3.8, 4) is 0 Å². The summed E-state index contributed by atoms with van der Waals surface area (Å²) in [6.07, 6.45) is 1.43. The normalized spacial score (nSPS) is 12.7. The predicted octanol–water partition coefficient (Wildman–Crippen LogP) is 1.69. The molecule has 0 bridgehead atoms. The average molecular weight is 341 g/mol. The number of Topliss-reactive ketones (excluding diaryl/α,β-unsaturated/α-hetero) is 1. The smallest absolute Gasteiger partial charge is 0.324 e. The molecule has 23 heavy (non-hydrogen) atoms. The molecule has 1 N–H and O–H groups in total. The minimum absolute atomic E-state index is 0.0275. The van der Waals surface area contributed by atoms with Gasteiger partial charge in [-0.1, -0.05) is 37.6 Å². The Morgan fingerprint density at radius 2 is 1.83 bits per heavy atom. The first-order valence-corrected chi connectivity index (χ1v) is 9.12. The molecule has 0 saturated heterocycles. The molecule has 0 spiro atoms. The number of sulfonamides is 1. The topological polar surface area (TPSA) is 89.5 Å². The third kappa shape index (κ3) is 6.50. The van der Waals surface area contributed by atoms with E-state index < -0.39 is 22.0 Å². The van der Waals surface area contributed by atoms with Gasteiger partial charge in [0.15, 0.2) is 5.78 Å². The minimum Gasteiger partial charge on any atom is -0.468 e. The van der Waals surface area contributed by atoms with Crippen LogP contribution in [0.4, 0.5) is 0 Å². The second-order valence-electron chi connectivity index (χ2n) is 5.32. The first-order chi connectivity index (χ1) is 10.8. The van der Waals surface area contributed by atoms with E-state index in [1.165, 1.54) is 14.0 Å². The average Bonchev–Trinajstić information content (AvgIpc) is 2.52. The highest BCUT2D eigenvalue weighted by atomic mass is 32.2. The fourth-order valence-corrected chi connectivity index (χ4v) is 3.44. The number of ether oxygens (including phenoxy) is 1. The van der Waals surface area contributed by atoms with Crippen molar-refractivity contribution in [3.05, 3.63) is 35.4 Å². The lowest BCUT2D eigenvalue weighted by Gasteiger charge is -2.17. The van der Waals surface area contributed by atoms with Gasteiger partial charge >= 0.3 is 5.97 Å². The fourth-order valence-electron chi connectivity index (χ4n) is 2.04. The van der Waals surface area contributed by atoms with E-state index in [4.69, 9.17) is 0 Å². The van der Waals surface area contributed by atoms with Gasteiger partial charge in [0.05, 0.1) is 12.9 Å². The molecule has 1 aromatic rings. The van der Waals surface area contributed by atoms with Crippen LogP contribution in [0.25, 0.3) is 0 Å². The Morgan fingerprint density at radius 1 is 1.22 bits per heavy atom. The number of ketones is 1. The Hall–Kier alpha value is -1.73. The summed E-state index contributed by atoms with van der Waals surface area (Å²) in [6.45, 7) is 3.36. The van der Waals surface area contributed by atoms with E-state index in [1.54, 1.807) is 24.3 Å². The van der Waals surface area contributed by atoms with E-state index in [2.05, 4.69) is 9.46 Å². The number of hydrogen-bond donors (Lipinski definition) is 1. The van der Waals surface area contributed by atoms with E-state index >= 15 is 0 Å². The predicted molar refractivity (Wildman–Crippen MR) is 87.8 cm³/mol. The Labute approximate surface area is 137 Å². The highest BCUT2D eigenvalue weighted by molar-refractivity contribution is 7.89. The SMILES string of the molecule is CCCCS(=O)(=O)NC(Cc1ccc(C(C)=O)cc1)C(=O)OC. The van der Waals surface area contributed by atoms with Crippen molar-refractivity contribution in [2.24, 2.45) is 0 Å². The van der Waals surface area contributed by atoms with Crippen LogP contribution in [0.1, 0.15) is 42.6 Å². The molecule has 1 aromatic carbocycles. The van der Waals surface area contributed by atoms with Crippen molar-refractivity contribution >= 4 is 21.8 Å². The largest absolute Gasteiger partial charge is 0.468 e. The van der Waals surface area contributed by atoms with Gasteiger partial charge in [0.25, 0.3) is 0 Å². The molecular weight excluding hydrogens is 318 g/mol. The second-order valence-corrected chi connectivity index (χ2v) is 7.20.